The molecule has 0 atom stereocenters. The minimum atomic E-state index is 0.323. The van der Waals surface area contributed by atoms with Gasteiger partial charge in [-0.2, -0.15) is 0 Å². The highest BCUT2D eigenvalue weighted by Crippen LogP contribution is 2.25. The molecule has 1 fully saturated rings. The summed E-state index contributed by atoms with van der Waals surface area (Å²) in [7, 11) is 0. The maximum absolute atomic E-state index is 6.08. The van der Waals surface area contributed by atoms with Crippen molar-refractivity contribution in [1.29, 1.82) is 0 Å². The first-order valence-electron chi connectivity index (χ1n) is 8.96. The summed E-state index contributed by atoms with van der Waals surface area (Å²) in [6.45, 7) is 6.65. The predicted molar refractivity (Wildman–Crippen MR) is 94.8 cm³/mol. The van der Waals surface area contributed by atoms with Crippen LogP contribution in [0.25, 0.3) is 0 Å². The molecule has 5 nitrogen and oxygen atoms in total. The van der Waals surface area contributed by atoms with E-state index in [1.807, 2.05) is 6.07 Å². The molecule has 2 rings (SSSR count). The van der Waals surface area contributed by atoms with Gasteiger partial charge in [0.1, 0.15) is 6.10 Å². The van der Waals surface area contributed by atoms with E-state index in [0.29, 0.717) is 12.6 Å². The third-order valence-electron chi connectivity index (χ3n) is 4.00. The van der Waals surface area contributed by atoms with Crippen LogP contribution >= 0.6 is 0 Å². The Balaban J connectivity index is 1.97. The Bertz CT molecular complexity index is 484. The van der Waals surface area contributed by atoms with Crippen molar-refractivity contribution in [2.75, 3.05) is 13.1 Å². The van der Waals surface area contributed by atoms with Crippen LogP contribution in [0.2, 0.25) is 0 Å². The van der Waals surface area contributed by atoms with Crippen molar-refractivity contribution in [2.45, 2.75) is 65.0 Å². The highest BCUT2D eigenvalue weighted by Gasteiger charge is 2.18. The lowest BCUT2D eigenvalue weighted by molar-refractivity contribution is 0.199. The highest BCUT2D eigenvalue weighted by molar-refractivity contribution is 5.79. The maximum Gasteiger partial charge on any atom is 0.218 e. The number of aliphatic imine (C=N–C) groups is 1. The van der Waals surface area contributed by atoms with Crippen LogP contribution in [-0.4, -0.2) is 30.1 Å². The monoisotopic (exact) mass is 318 g/mol. The van der Waals surface area contributed by atoms with Crippen LogP contribution in [0.5, 0.6) is 5.88 Å². The Morgan fingerprint density at radius 1 is 1.30 bits per heavy atom. The van der Waals surface area contributed by atoms with Gasteiger partial charge in [0.15, 0.2) is 5.96 Å². The summed E-state index contributed by atoms with van der Waals surface area (Å²) >= 11 is 0. The Labute approximate surface area is 139 Å². The zero-order chi connectivity index (χ0) is 16.3. The minimum Gasteiger partial charge on any atom is -0.474 e. The van der Waals surface area contributed by atoms with E-state index < -0.39 is 0 Å². The number of rotatable bonds is 8. The molecule has 128 valence electrons. The first-order valence-corrected chi connectivity index (χ1v) is 8.96. The number of aromatic nitrogens is 1. The molecule has 0 amide bonds. The second kappa shape index (κ2) is 10.1. The van der Waals surface area contributed by atoms with Gasteiger partial charge in [0.25, 0.3) is 0 Å². The number of ether oxygens (including phenoxy) is 1. The fourth-order valence-electron chi connectivity index (χ4n) is 2.70. The Morgan fingerprint density at radius 2 is 2.13 bits per heavy atom. The summed E-state index contributed by atoms with van der Waals surface area (Å²) in [6, 6.07) is 4.00. The van der Waals surface area contributed by atoms with Crippen molar-refractivity contribution < 1.29 is 4.74 Å². The Kier molecular flexibility index (Phi) is 7.70. The predicted octanol–water partition coefficient (Wildman–Crippen LogP) is 3.26. The van der Waals surface area contributed by atoms with E-state index in [-0.39, 0.29) is 0 Å². The van der Waals surface area contributed by atoms with Gasteiger partial charge in [0, 0.05) is 24.8 Å². The van der Waals surface area contributed by atoms with Gasteiger partial charge in [-0.15, -0.1) is 0 Å². The summed E-state index contributed by atoms with van der Waals surface area (Å²) in [5.74, 6) is 1.60. The van der Waals surface area contributed by atoms with Crippen molar-refractivity contribution in [3.05, 3.63) is 23.9 Å². The van der Waals surface area contributed by atoms with Gasteiger partial charge in [-0.25, -0.2) is 9.98 Å². The Morgan fingerprint density at radius 3 is 2.87 bits per heavy atom. The molecule has 0 aromatic carbocycles. The molecule has 5 heteroatoms. The van der Waals surface area contributed by atoms with Crippen molar-refractivity contribution >= 4 is 5.96 Å². The average Bonchev–Trinajstić information content (AvgIpc) is 3.07. The molecule has 0 radical (unpaired) electrons. The fourth-order valence-corrected chi connectivity index (χ4v) is 2.70. The SMILES string of the molecule is CCCCNC(=NCc1cccnc1OC1CCCC1)NCC. The molecular formula is C18H30N4O. The molecule has 0 unspecified atom stereocenters. The zero-order valence-electron chi connectivity index (χ0n) is 14.5. The number of nitrogens with one attached hydrogen (secondary N) is 2. The van der Waals surface area contributed by atoms with Crippen LogP contribution in [-0.2, 0) is 6.54 Å². The van der Waals surface area contributed by atoms with E-state index in [4.69, 9.17) is 4.74 Å². The molecule has 0 aliphatic heterocycles. The molecule has 1 aromatic heterocycles. The average molecular weight is 318 g/mol. The number of pyridine rings is 1. The topological polar surface area (TPSA) is 58.5 Å². The normalized spacial score (nSPS) is 15.7. The molecule has 23 heavy (non-hydrogen) atoms. The van der Waals surface area contributed by atoms with E-state index >= 15 is 0 Å². The molecule has 1 heterocycles. The van der Waals surface area contributed by atoms with Crippen LogP contribution < -0.4 is 15.4 Å². The van der Waals surface area contributed by atoms with E-state index in [1.54, 1.807) is 6.20 Å². The Hall–Kier alpha value is -1.78. The number of unbranched alkanes of at least 4 members (excludes halogenated alkanes) is 1. The molecule has 1 saturated carbocycles. The smallest absolute Gasteiger partial charge is 0.218 e. The van der Waals surface area contributed by atoms with Crippen molar-refractivity contribution in [2.24, 2.45) is 4.99 Å². The van der Waals surface area contributed by atoms with Gasteiger partial charge < -0.3 is 15.4 Å². The quantitative estimate of drug-likeness (QED) is 0.439. The third kappa shape index (κ3) is 6.08. The standard InChI is InChI=1S/C18H30N4O/c1-3-5-12-21-18(19-4-2)22-14-15-9-8-13-20-17(15)23-16-10-6-7-11-16/h8-9,13,16H,3-7,10-12,14H2,1-2H3,(H2,19,21,22). The first kappa shape index (κ1) is 17.6. The lowest BCUT2D eigenvalue weighted by Gasteiger charge is -2.15. The lowest BCUT2D eigenvalue weighted by Crippen LogP contribution is -2.37. The van der Waals surface area contributed by atoms with E-state index in [1.165, 1.54) is 19.3 Å². The number of guanidine groups is 1. The zero-order valence-corrected chi connectivity index (χ0v) is 14.5. The summed E-state index contributed by atoms with van der Waals surface area (Å²) in [4.78, 5) is 9.07. The van der Waals surface area contributed by atoms with E-state index in [2.05, 4.69) is 40.5 Å². The number of nitrogens with zero attached hydrogens (tertiary/aromatic N) is 2. The van der Waals surface area contributed by atoms with Crippen LogP contribution in [0.15, 0.2) is 23.3 Å². The molecule has 2 N–H and O–H groups in total. The molecular weight excluding hydrogens is 288 g/mol. The number of hydrogen-bond acceptors (Lipinski definition) is 3. The highest BCUT2D eigenvalue weighted by atomic mass is 16.5. The lowest BCUT2D eigenvalue weighted by atomic mass is 10.2. The van der Waals surface area contributed by atoms with Crippen LogP contribution in [0.4, 0.5) is 0 Å². The summed E-state index contributed by atoms with van der Waals surface area (Å²) in [6.07, 6.45) is 9.24. The second-order valence-corrected chi connectivity index (χ2v) is 5.97. The molecule has 1 aliphatic rings. The largest absolute Gasteiger partial charge is 0.474 e. The molecule has 0 spiro atoms. The summed E-state index contributed by atoms with van der Waals surface area (Å²) in [5.41, 5.74) is 1.05. The fraction of sp³-hybridized carbons (Fsp3) is 0.667. The van der Waals surface area contributed by atoms with Gasteiger partial charge >= 0.3 is 0 Å². The molecule has 0 bridgehead atoms. The summed E-state index contributed by atoms with van der Waals surface area (Å²) in [5, 5.41) is 6.64. The minimum absolute atomic E-state index is 0.323. The van der Waals surface area contributed by atoms with Gasteiger partial charge in [0.2, 0.25) is 5.88 Å². The third-order valence-corrected chi connectivity index (χ3v) is 4.00. The van der Waals surface area contributed by atoms with E-state index in [0.717, 1.165) is 49.8 Å². The second-order valence-electron chi connectivity index (χ2n) is 5.97. The van der Waals surface area contributed by atoms with Crippen LogP contribution in [0.3, 0.4) is 0 Å². The van der Waals surface area contributed by atoms with E-state index in [9.17, 15) is 0 Å². The van der Waals surface area contributed by atoms with Crippen molar-refractivity contribution in [3.8, 4) is 5.88 Å². The van der Waals surface area contributed by atoms with Gasteiger partial charge in [0.05, 0.1) is 6.54 Å². The van der Waals surface area contributed by atoms with Crippen molar-refractivity contribution in [1.82, 2.24) is 15.6 Å². The molecule has 1 aromatic rings. The number of hydrogen-bond donors (Lipinski definition) is 2. The van der Waals surface area contributed by atoms with Crippen molar-refractivity contribution in [3.63, 3.8) is 0 Å². The van der Waals surface area contributed by atoms with Gasteiger partial charge in [-0.1, -0.05) is 19.4 Å². The van der Waals surface area contributed by atoms with Crippen LogP contribution in [0, 0.1) is 0 Å². The first-order chi connectivity index (χ1) is 11.3. The summed E-state index contributed by atoms with van der Waals surface area (Å²) < 4.78 is 6.08. The molecule has 1 aliphatic carbocycles. The van der Waals surface area contributed by atoms with Gasteiger partial charge in [-0.3, -0.25) is 0 Å². The van der Waals surface area contributed by atoms with Crippen LogP contribution in [0.1, 0.15) is 57.9 Å². The maximum atomic E-state index is 6.08. The van der Waals surface area contributed by atoms with Gasteiger partial charge in [-0.05, 0) is 45.1 Å². The molecule has 0 saturated heterocycles.